The van der Waals surface area contributed by atoms with Crippen LogP contribution in [0.3, 0.4) is 0 Å². The predicted octanol–water partition coefficient (Wildman–Crippen LogP) is 3.11. The van der Waals surface area contributed by atoms with Crippen molar-refractivity contribution in [3.8, 4) is 0 Å². The van der Waals surface area contributed by atoms with Crippen molar-refractivity contribution in [2.24, 2.45) is 5.92 Å². The molecule has 0 heterocycles. The topological polar surface area (TPSA) is 98.3 Å². The van der Waals surface area contributed by atoms with Gasteiger partial charge in [0.25, 0.3) is 11.4 Å². The predicted molar refractivity (Wildman–Crippen MR) is 70.2 cm³/mol. The molecule has 102 valence electrons. The lowest BCUT2D eigenvalue weighted by atomic mass is 9.83. The van der Waals surface area contributed by atoms with Crippen molar-refractivity contribution in [1.29, 1.82) is 0 Å². The molecule has 7 heteroatoms. The quantitative estimate of drug-likeness (QED) is 0.629. The maximum atomic E-state index is 10.9. The van der Waals surface area contributed by atoms with E-state index in [1.165, 1.54) is 31.4 Å². The number of non-ortho nitro benzene ring substituents is 1. The first-order chi connectivity index (χ1) is 9.08. The maximum absolute atomic E-state index is 10.9. The van der Waals surface area contributed by atoms with E-state index in [0.29, 0.717) is 18.2 Å². The zero-order valence-electron chi connectivity index (χ0n) is 10.4. The van der Waals surface area contributed by atoms with Gasteiger partial charge in [0, 0.05) is 12.6 Å². The van der Waals surface area contributed by atoms with Gasteiger partial charge in [-0.05, 0) is 18.4 Å². The molecule has 0 atom stereocenters. The van der Waals surface area contributed by atoms with Crippen molar-refractivity contribution in [2.45, 2.75) is 25.7 Å². The SMILES string of the molecule is O=[N+]([O-])c1ccc(NCCC2CCC2)c([N+](=O)[O-])c1. The molecule has 0 radical (unpaired) electrons. The van der Waals surface area contributed by atoms with Gasteiger partial charge in [-0.1, -0.05) is 19.3 Å². The van der Waals surface area contributed by atoms with Gasteiger partial charge in [0.15, 0.2) is 0 Å². The molecule has 0 unspecified atom stereocenters. The number of nitro groups is 2. The molecule has 0 saturated heterocycles. The average molecular weight is 265 g/mol. The third-order valence-electron chi connectivity index (χ3n) is 3.48. The lowest BCUT2D eigenvalue weighted by Gasteiger charge is -2.25. The summed E-state index contributed by atoms with van der Waals surface area (Å²) in [5, 5.41) is 24.5. The van der Waals surface area contributed by atoms with Crippen LogP contribution >= 0.6 is 0 Å². The van der Waals surface area contributed by atoms with Crippen molar-refractivity contribution < 1.29 is 9.85 Å². The molecule has 19 heavy (non-hydrogen) atoms. The summed E-state index contributed by atoms with van der Waals surface area (Å²) >= 11 is 0. The van der Waals surface area contributed by atoms with E-state index < -0.39 is 9.85 Å². The minimum atomic E-state index is -0.634. The first-order valence-electron chi connectivity index (χ1n) is 6.24. The first kappa shape index (κ1) is 13.3. The van der Waals surface area contributed by atoms with Crippen molar-refractivity contribution in [2.75, 3.05) is 11.9 Å². The van der Waals surface area contributed by atoms with Crippen LogP contribution in [-0.4, -0.2) is 16.4 Å². The smallest absolute Gasteiger partial charge is 0.299 e. The number of rotatable bonds is 6. The van der Waals surface area contributed by atoms with Crippen molar-refractivity contribution in [3.63, 3.8) is 0 Å². The minimum Gasteiger partial charge on any atom is -0.379 e. The van der Waals surface area contributed by atoms with Gasteiger partial charge in [0.05, 0.1) is 15.9 Å². The third-order valence-corrected chi connectivity index (χ3v) is 3.48. The Bertz CT molecular complexity index is 500. The molecule has 1 aromatic carbocycles. The number of nitrogens with one attached hydrogen (secondary N) is 1. The van der Waals surface area contributed by atoms with E-state index in [1.807, 2.05) is 0 Å². The number of nitro benzene ring substituents is 2. The monoisotopic (exact) mass is 265 g/mol. The second-order valence-corrected chi connectivity index (χ2v) is 4.73. The van der Waals surface area contributed by atoms with Crippen molar-refractivity contribution in [3.05, 3.63) is 38.4 Å². The largest absolute Gasteiger partial charge is 0.379 e. The Morgan fingerprint density at radius 3 is 2.47 bits per heavy atom. The molecule has 0 aliphatic heterocycles. The van der Waals surface area contributed by atoms with Crippen LogP contribution in [0.2, 0.25) is 0 Å². The highest BCUT2D eigenvalue weighted by Gasteiger charge is 2.20. The Labute approximate surface area is 109 Å². The molecule has 1 fully saturated rings. The second-order valence-electron chi connectivity index (χ2n) is 4.73. The standard InChI is InChI=1S/C12H15N3O4/c16-14(17)10-4-5-11(12(8-10)15(18)19)13-7-6-9-2-1-3-9/h4-5,8-9,13H,1-3,6-7H2. The Balaban J connectivity index is 2.05. The van der Waals surface area contributed by atoms with E-state index in [0.717, 1.165) is 12.5 Å². The van der Waals surface area contributed by atoms with Crippen LogP contribution in [0.5, 0.6) is 0 Å². The Morgan fingerprint density at radius 2 is 1.95 bits per heavy atom. The highest BCUT2D eigenvalue weighted by Crippen LogP contribution is 2.31. The Hall–Kier alpha value is -2.18. The van der Waals surface area contributed by atoms with Crippen LogP contribution in [0.25, 0.3) is 0 Å². The number of hydrogen-bond donors (Lipinski definition) is 1. The fourth-order valence-corrected chi connectivity index (χ4v) is 2.13. The minimum absolute atomic E-state index is 0.247. The van der Waals surface area contributed by atoms with Crippen LogP contribution in [0.15, 0.2) is 18.2 Å². The molecular weight excluding hydrogens is 250 g/mol. The molecule has 7 nitrogen and oxygen atoms in total. The van der Waals surface area contributed by atoms with E-state index >= 15 is 0 Å². The number of anilines is 1. The van der Waals surface area contributed by atoms with Gasteiger partial charge >= 0.3 is 0 Å². The highest BCUT2D eigenvalue weighted by atomic mass is 16.6. The molecule has 1 aliphatic rings. The van der Waals surface area contributed by atoms with Gasteiger partial charge in [-0.25, -0.2) is 0 Å². The van der Waals surface area contributed by atoms with Crippen LogP contribution in [0.1, 0.15) is 25.7 Å². The van der Waals surface area contributed by atoms with Gasteiger partial charge in [-0.2, -0.15) is 0 Å². The number of benzene rings is 1. The fourth-order valence-electron chi connectivity index (χ4n) is 2.13. The summed E-state index contributed by atoms with van der Waals surface area (Å²) < 4.78 is 0. The summed E-state index contributed by atoms with van der Waals surface area (Å²) in [6.07, 6.45) is 4.70. The fraction of sp³-hybridized carbons (Fsp3) is 0.500. The summed E-state index contributed by atoms with van der Waals surface area (Å²) in [6, 6.07) is 3.67. The molecule has 0 bridgehead atoms. The number of hydrogen-bond acceptors (Lipinski definition) is 5. The van der Waals surface area contributed by atoms with Gasteiger partial charge in [-0.3, -0.25) is 20.2 Å². The number of nitrogens with zero attached hydrogens (tertiary/aromatic N) is 2. The average Bonchev–Trinajstić information content (AvgIpc) is 2.32. The van der Waals surface area contributed by atoms with Crippen LogP contribution in [-0.2, 0) is 0 Å². The van der Waals surface area contributed by atoms with Crippen LogP contribution < -0.4 is 5.32 Å². The van der Waals surface area contributed by atoms with E-state index in [1.54, 1.807) is 0 Å². The van der Waals surface area contributed by atoms with E-state index in [2.05, 4.69) is 5.32 Å². The lowest BCUT2D eigenvalue weighted by Crippen LogP contribution is -2.16. The Morgan fingerprint density at radius 1 is 1.21 bits per heavy atom. The van der Waals surface area contributed by atoms with E-state index in [4.69, 9.17) is 0 Å². The molecule has 2 rings (SSSR count). The van der Waals surface area contributed by atoms with Gasteiger partial charge < -0.3 is 5.32 Å². The molecule has 1 saturated carbocycles. The molecule has 0 aromatic heterocycles. The summed E-state index contributed by atoms with van der Waals surface area (Å²) in [4.78, 5) is 20.3. The van der Waals surface area contributed by atoms with Crippen LogP contribution in [0, 0.1) is 26.1 Å². The zero-order chi connectivity index (χ0) is 13.8. The van der Waals surface area contributed by atoms with Gasteiger partial charge in [0.1, 0.15) is 5.69 Å². The van der Waals surface area contributed by atoms with Crippen molar-refractivity contribution >= 4 is 17.1 Å². The summed E-state index contributed by atoms with van der Waals surface area (Å²) in [6.45, 7) is 0.656. The molecule has 1 aromatic rings. The summed E-state index contributed by atoms with van der Waals surface area (Å²) in [7, 11) is 0. The normalized spacial score (nSPS) is 14.7. The molecule has 0 spiro atoms. The zero-order valence-corrected chi connectivity index (χ0v) is 10.4. The van der Waals surface area contributed by atoms with Crippen LogP contribution in [0.4, 0.5) is 17.1 Å². The summed E-state index contributed by atoms with van der Waals surface area (Å²) in [5.74, 6) is 0.713. The second kappa shape index (κ2) is 5.64. The van der Waals surface area contributed by atoms with Gasteiger partial charge in [0.2, 0.25) is 0 Å². The first-order valence-corrected chi connectivity index (χ1v) is 6.24. The molecular formula is C12H15N3O4. The maximum Gasteiger partial charge on any atom is 0.299 e. The Kier molecular flexibility index (Phi) is 3.94. The van der Waals surface area contributed by atoms with E-state index in [-0.39, 0.29) is 11.4 Å². The highest BCUT2D eigenvalue weighted by molar-refractivity contribution is 5.65. The summed E-state index contributed by atoms with van der Waals surface area (Å²) in [5.41, 5.74) is -0.172. The van der Waals surface area contributed by atoms with Gasteiger partial charge in [-0.15, -0.1) is 0 Å². The molecule has 0 amide bonds. The van der Waals surface area contributed by atoms with Crippen molar-refractivity contribution in [1.82, 2.24) is 0 Å². The van der Waals surface area contributed by atoms with E-state index in [9.17, 15) is 20.2 Å². The molecule has 1 aliphatic carbocycles. The molecule has 1 N–H and O–H groups in total. The third kappa shape index (κ3) is 3.18. The lowest BCUT2D eigenvalue weighted by molar-refractivity contribution is -0.393.